The molecule has 0 atom stereocenters. The highest BCUT2D eigenvalue weighted by atomic mass is 15.4. The molecule has 0 aliphatic heterocycles. The highest BCUT2D eigenvalue weighted by Crippen LogP contribution is 2.13. The van der Waals surface area contributed by atoms with E-state index in [0.717, 1.165) is 18.0 Å². The van der Waals surface area contributed by atoms with Crippen LogP contribution in [0.15, 0.2) is 6.20 Å². The molecule has 0 saturated heterocycles. The van der Waals surface area contributed by atoms with Crippen molar-refractivity contribution in [1.82, 2.24) is 15.0 Å². The molecule has 0 aromatic carbocycles. The van der Waals surface area contributed by atoms with Gasteiger partial charge in [-0.05, 0) is 18.8 Å². The van der Waals surface area contributed by atoms with Gasteiger partial charge >= 0.3 is 0 Å². The third-order valence-electron chi connectivity index (χ3n) is 3.61. The van der Waals surface area contributed by atoms with Crippen LogP contribution in [0.25, 0.3) is 0 Å². The Morgan fingerprint density at radius 1 is 0.947 bits per heavy atom. The third kappa shape index (κ3) is 8.79. The molecular weight excluding hydrogens is 234 g/mol. The molecule has 19 heavy (non-hydrogen) atoms. The summed E-state index contributed by atoms with van der Waals surface area (Å²) in [7, 11) is 1.93. The van der Waals surface area contributed by atoms with E-state index in [1.165, 1.54) is 57.8 Å². The van der Waals surface area contributed by atoms with Crippen molar-refractivity contribution >= 4 is 0 Å². The molecule has 0 radical (unpaired) electrons. The van der Waals surface area contributed by atoms with Gasteiger partial charge in [0.05, 0.1) is 5.69 Å². The van der Waals surface area contributed by atoms with Crippen LogP contribution in [-0.2, 0) is 13.5 Å². The van der Waals surface area contributed by atoms with E-state index in [0.29, 0.717) is 0 Å². The summed E-state index contributed by atoms with van der Waals surface area (Å²) in [5.41, 5.74) is 1.14. The van der Waals surface area contributed by atoms with Crippen molar-refractivity contribution < 1.29 is 0 Å². The van der Waals surface area contributed by atoms with Gasteiger partial charge in [-0.15, -0.1) is 5.10 Å². The van der Waals surface area contributed by atoms with Gasteiger partial charge in [-0.25, -0.2) is 0 Å². The van der Waals surface area contributed by atoms with Crippen LogP contribution in [0.3, 0.4) is 0 Å². The predicted molar refractivity (Wildman–Crippen MR) is 81.1 cm³/mol. The predicted octanol–water partition coefficient (Wildman–Crippen LogP) is 4.52. The van der Waals surface area contributed by atoms with Crippen molar-refractivity contribution in [2.75, 3.05) is 0 Å². The number of aromatic nitrogens is 3. The van der Waals surface area contributed by atoms with E-state index in [1.54, 1.807) is 4.68 Å². The van der Waals surface area contributed by atoms with Crippen molar-refractivity contribution in [3.63, 3.8) is 0 Å². The average molecular weight is 265 g/mol. The third-order valence-corrected chi connectivity index (χ3v) is 3.61. The van der Waals surface area contributed by atoms with Crippen molar-refractivity contribution in [1.29, 1.82) is 0 Å². The maximum absolute atomic E-state index is 4.11. The molecule has 1 rings (SSSR count). The molecule has 0 saturated carbocycles. The molecule has 0 bridgehead atoms. The lowest BCUT2D eigenvalue weighted by Crippen LogP contribution is -1.88. The standard InChI is InChI=1S/C16H31N3/c1-15(2)12-10-8-6-4-5-7-9-11-13-16-14-19(3)18-17-16/h14-15H,4-13H2,1-3H3. The molecule has 110 valence electrons. The van der Waals surface area contributed by atoms with Gasteiger partial charge in [0.25, 0.3) is 0 Å². The Bertz CT molecular complexity index is 318. The van der Waals surface area contributed by atoms with E-state index in [-0.39, 0.29) is 0 Å². The number of nitrogens with zero attached hydrogens (tertiary/aromatic N) is 3. The summed E-state index contributed by atoms with van der Waals surface area (Å²) in [5.74, 6) is 0.876. The lowest BCUT2D eigenvalue weighted by atomic mass is 10.0. The van der Waals surface area contributed by atoms with Crippen LogP contribution < -0.4 is 0 Å². The number of rotatable bonds is 11. The topological polar surface area (TPSA) is 30.7 Å². The second-order valence-corrected chi connectivity index (χ2v) is 6.14. The van der Waals surface area contributed by atoms with Gasteiger partial charge in [0.2, 0.25) is 0 Å². The monoisotopic (exact) mass is 265 g/mol. The van der Waals surface area contributed by atoms with E-state index in [9.17, 15) is 0 Å². The summed E-state index contributed by atoms with van der Waals surface area (Å²) in [6.45, 7) is 4.63. The summed E-state index contributed by atoms with van der Waals surface area (Å²) in [6, 6.07) is 0. The lowest BCUT2D eigenvalue weighted by molar-refractivity contribution is 0.507. The first-order chi connectivity index (χ1) is 9.18. The zero-order chi connectivity index (χ0) is 13.9. The largest absolute Gasteiger partial charge is 0.255 e. The molecule has 0 aliphatic carbocycles. The van der Waals surface area contributed by atoms with E-state index in [4.69, 9.17) is 0 Å². The Morgan fingerprint density at radius 3 is 2.05 bits per heavy atom. The van der Waals surface area contributed by atoms with Crippen molar-refractivity contribution in [3.8, 4) is 0 Å². The Kier molecular flexibility index (Phi) is 8.52. The minimum Gasteiger partial charge on any atom is -0.255 e. The van der Waals surface area contributed by atoms with Crippen LogP contribution in [0.2, 0.25) is 0 Å². The second kappa shape index (κ2) is 9.99. The first kappa shape index (κ1) is 16.2. The molecule has 0 fully saturated rings. The van der Waals surface area contributed by atoms with E-state index >= 15 is 0 Å². The van der Waals surface area contributed by atoms with Crippen LogP contribution >= 0.6 is 0 Å². The molecule has 3 heteroatoms. The molecule has 3 nitrogen and oxygen atoms in total. The Hall–Kier alpha value is -0.860. The van der Waals surface area contributed by atoms with Crippen LogP contribution in [0, 0.1) is 5.92 Å². The molecule has 0 spiro atoms. The minimum atomic E-state index is 0.876. The van der Waals surface area contributed by atoms with Crippen molar-refractivity contribution in [3.05, 3.63) is 11.9 Å². The number of hydrogen-bond donors (Lipinski definition) is 0. The Morgan fingerprint density at radius 2 is 1.53 bits per heavy atom. The SMILES string of the molecule is CC(C)CCCCCCCCCCc1cn(C)nn1. The Labute approximate surface area is 118 Å². The number of hydrogen-bond acceptors (Lipinski definition) is 2. The zero-order valence-electron chi connectivity index (χ0n) is 13.1. The Balaban J connectivity index is 1.81. The van der Waals surface area contributed by atoms with Gasteiger partial charge in [-0.3, -0.25) is 4.68 Å². The van der Waals surface area contributed by atoms with Gasteiger partial charge in [-0.2, -0.15) is 0 Å². The van der Waals surface area contributed by atoms with E-state index in [1.807, 2.05) is 13.2 Å². The first-order valence-electron chi connectivity index (χ1n) is 8.03. The lowest BCUT2D eigenvalue weighted by Gasteiger charge is -2.04. The normalized spacial score (nSPS) is 11.4. The van der Waals surface area contributed by atoms with Gasteiger partial charge < -0.3 is 0 Å². The second-order valence-electron chi connectivity index (χ2n) is 6.14. The average Bonchev–Trinajstić information content (AvgIpc) is 2.77. The molecule has 1 aromatic heterocycles. The molecule has 0 amide bonds. The van der Waals surface area contributed by atoms with Gasteiger partial charge in [-0.1, -0.05) is 70.4 Å². The van der Waals surface area contributed by atoms with E-state index < -0.39 is 0 Å². The molecule has 1 heterocycles. The first-order valence-corrected chi connectivity index (χ1v) is 8.03. The van der Waals surface area contributed by atoms with Crippen LogP contribution in [-0.4, -0.2) is 15.0 Å². The fourth-order valence-electron chi connectivity index (χ4n) is 2.43. The minimum absolute atomic E-state index is 0.876. The van der Waals surface area contributed by atoms with Crippen LogP contribution in [0.5, 0.6) is 0 Å². The van der Waals surface area contributed by atoms with Crippen LogP contribution in [0.4, 0.5) is 0 Å². The number of aryl methyl sites for hydroxylation is 2. The molecule has 0 unspecified atom stereocenters. The quantitative estimate of drug-likeness (QED) is 0.551. The summed E-state index contributed by atoms with van der Waals surface area (Å²) in [4.78, 5) is 0. The summed E-state index contributed by atoms with van der Waals surface area (Å²) >= 11 is 0. The van der Waals surface area contributed by atoms with E-state index in [2.05, 4.69) is 24.2 Å². The molecule has 0 N–H and O–H groups in total. The van der Waals surface area contributed by atoms with Gasteiger partial charge in [0.15, 0.2) is 0 Å². The van der Waals surface area contributed by atoms with Gasteiger partial charge in [0, 0.05) is 13.2 Å². The summed E-state index contributed by atoms with van der Waals surface area (Å²) < 4.78 is 1.78. The van der Waals surface area contributed by atoms with Crippen molar-refractivity contribution in [2.45, 2.75) is 78.1 Å². The summed E-state index contributed by atoms with van der Waals surface area (Å²) in [5, 5.41) is 8.06. The zero-order valence-corrected chi connectivity index (χ0v) is 13.1. The smallest absolute Gasteiger partial charge is 0.0827 e. The molecular formula is C16H31N3. The highest BCUT2D eigenvalue weighted by molar-refractivity contribution is 4.91. The van der Waals surface area contributed by atoms with Crippen LogP contribution in [0.1, 0.15) is 77.3 Å². The highest BCUT2D eigenvalue weighted by Gasteiger charge is 1.98. The maximum atomic E-state index is 4.11. The fraction of sp³-hybridized carbons (Fsp3) is 0.875. The number of unbranched alkanes of at least 4 members (excludes halogenated alkanes) is 7. The van der Waals surface area contributed by atoms with Gasteiger partial charge in [0.1, 0.15) is 0 Å². The fourth-order valence-corrected chi connectivity index (χ4v) is 2.43. The molecule has 0 aliphatic rings. The van der Waals surface area contributed by atoms with Crippen molar-refractivity contribution in [2.24, 2.45) is 13.0 Å². The summed E-state index contributed by atoms with van der Waals surface area (Å²) in [6.07, 6.45) is 15.6. The molecule has 1 aromatic rings. The maximum Gasteiger partial charge on any atom is 0.0827 e.